The molecule has 0 unspecified atom stereocenters. The summed E-state index contributed by atoms with van der Waals surface area (Å²) in [5.41, 5.74) is 2.19. The molecule has 27 heavy (non-hydrogen) atoms. The van der Waals surface area contributed by atoms with E-state index in [0.717, 1.165) is 11.4 Å². The normalized spacial score (nSPS) is 14.3. The quantitative estimate of drug-likeness (QED) is 0.856. The van der Waals surface area contributed by atoms with Gasteiger partial charge in [0.2, 0.25) is 11.8 Å². The van der Waals surface area contributed by atoms with E-state index in [0.29, 0.717) is 31.5 Å². The largest absolute Gasteiger partial charge is 0.376 e. The van der Waals surface area contributed by atoms with Crippen LogP contribution in [0.15, 0.2) is 54.6 Å². The zero-order valence-corrected chi connectivity index (χ0v) is 15.0. The summed E-state index contributed by atoms with van der Waals surface area (Å²) in [7, 11) is 0. The molecule has 2 amide bonds. The van der Waals surface area contributed by atoms with E-state index in [2.05, 4.69) is 16.7 Å². The maximum Gasteiger partial charge on any atom is 0.241 e. The van der Waals surface area contributed by atoms with E-state index in [4.69, 9.17) is 5.26 Å². The molecule has 0 aliphatic carbocycles. The third kappa shape index (κ3) is 5.08. The standard InChI is InChI=1S/C21H22N4O2/c22-14-16-6-8-18(9-7-16)23-15-20(26)25-12-10-17(11-13-25)21(27)24-19-4-2-1-3-5-19/h1-9,17,23H,10-13,15H2,(H,24,27). The van der Waals surface area contributed by atoms with Gasteiger partial charge in [0, 0.05) is 30.4 Å². The summed E-state index contributed by atoms with van der Waals surface area (Å²) in [4.78, 5) is 26.5. The van der Waals surface area contributed by atoms with Crippen LogP contribution < -0.4 is 10.6 Å². The highest BCUT2D eigenvalue weighted by molar-refractivity contribution is 5.92. The van der Waals surface area contributed by atoms with Crippen LogP contribution in [-0.2, 0) is 9.59 Å². The molecule has 2 aromatic rings. The predicted octanol–water partition coefficient (Wildman–Crippen LogP) is 2.85. The molecule has 0 saturated carbocycles. The number of hydrogen-bond acceptors (Lipinski definition) is 4. The van der Waals surface area contributed by atoms with Gasteiger partial charge in [-0.3, -0.25) is 9.59 Å². The Labute approximate surface area is 158 Å². The fourth-order valence-corrected chi connectivity index (χ4v) is 3.11. The number of carbonyl (C=O) groups excluding carboxylic acids is 2. The second-order valence-corrected chi connectivity index (χ2v) is 6.55. The van der Waals surface area contributed by atoms with Crippen LogP contribution in [0.25, 0.3) is 0 Å². The highest BCUT2D eigenvalue weighted by atomic mass is 16.2. The summed E-state index contributed by atoms with van der Waals surface area (Å²) in [6, 6.07) is 18.5. The van der Waals surface area contributed by atoms with Crippen molar-refractivity contribution in [2.45, 2.75) is 12.8 Å². The first-order valence-electron chi connectivity index (χ1n) is 9.03. The van der Waals surface area contributed by atoms with E-state index in [-0.39, 0.29) is 24.3 Å². The minimum atomic E-state index is -0.0688. The van der Waals surface area contributed by atoms with E-state index < -0.39 is 0 Å². The maximum atomic E-state index is 12.4. The Kier molecular flexibility index (Phi) is 6.06. The summed E-state index contributed by atoms with van der Waals surface area (Å²) in [5, 5.41) is 14.8. The van der Waals surface area contributed by atoms with Crippen molar-refractivity contribution in [3.8, 4) is 6.07 Å². The van der Waals surface area contributed by atoms with Crippen molar-refractivity contribution in [2.24, 2.45) is 5.92 Å². The van der Waals surface area contributed by atoms with Crippen molar-refractivity contribution in [2.75, 3.05) is 30.3 Å². The summed E-state index contributed by atoms with van der Waals surface area (Å²) < 4.78 is 0. The van der Waals surface area contributed by atoms with Gasteiger partial charge in [-0.2, -0.15) is 5.26 Å². The van der Waals surface area contributed by atoms with Crippen molar-refractivity contribution in [1.29, 1.82) is 5.26 Å². The molecule has 1 aliphatic rings. The summed E-state index contributed by atoms with van der Waals surface area (Å²) in [5.74, 6) is -0.0361. The number of carbonyl (C=O) groups is 2. The van der Waals surface area contributed by atoms with Crippen LogP contribution >= 0.6 is 0 Å². The number of amides is 2. The Morgan fingerprint density at radius 2 is 1.67 bits per heavy atom. The minimum absolute atomic E-state index is 0.0151. The van der Waals surface area contributed by atoms with Crippen LogP contribution in [0.4, 0.5) is 11.4 Å². The lowest BCUT2D eigenvalue weighted by atomic mass is 9.95. The first-order valence-corrected chi connectivity index (χ1v) is 9.03. The highest BCUT2D eigenvalue weighted by Crippen LogP contribution is 2.20. The van der Waals surface area contributed by atoms with Gasteiger partial charge in [-0.1, -0.05) is 18.2 Å². The molecular formula is C21H22N4O2. The number of hydrogen-bond donors (Lipinski definition) is 2. The van der Waals surface area contributed by atoms with Crippen LogP contribution in [0.5, 0.6) is 0 Å². The van der Waals surface area contributed by atoms with Crippen molar-refractivity contribution in [3.63, 3.8) is 0 Å². The lowest BCUT2D eigenvalue weighted by Gasteiger charge is -2.31. The number of likely N-dealkylation sites (tertiary alicyclic amines) is 1. The van der Waals surface area contributed by atoms with Crippen LogP contribution in [-0.4, -0.2) is 36.3 Å². The number of benzene rings is 2. The Bertz CT molecular complexity index is 820. The molecule has 0 aromatic heterocycles. The SMILES string of the molecule is N#Cc1ccc(NCC(=O)N2CCC(C(=O)Nc3ccccc3)CC2)cc1. The van der Waals surface area contributed by atoms with Crippen LogP contribution in [0.1, 0.15) is 18.4 Å². The number of rotatable bonds is 5. The van der Waals surface area contributed by atoms with E-state index >= 15 is 0 Å². The number of nitrogens with one attached hydrogen (secondary N) is 2. The third-order valence-electron chi connectivity index (χ3n) is 4.72. The molecule has 1 fully saturated rings. The Morgan fingerprint density at radius 3 is 2.30 bits per heavy atom. The van der Waals surface area contributed by atoms with Gasteiger partial charge in [0.1, 0.15) is 0 Å². The number of anilines is 2. The third-order valence-corrected chi connectivity index (χ3v) is 4.72. The Morgan fingerprint density at radius 1 is 1.00 bits per heavy atom. The molecule has 0 spiro atoms. The lowest BCUT2D eigenvalue weighted by Crippen LogP contribution is -2.43. The molecule has 0 atom stereocenters. The van der Waals surface area contributed by atoms with Gasteiger partial charge >= 0.3 is 0 Å². The first kappa shape index (κ1) is 18.5. The van der Waals surface area contributed by atoms with Gasteiger partial charge in [0.05, 0.1) is 18.2 Å². The van der Waals surface area contributed by atoms with Crippen molar-refractivity contribution >= 4 is 23.2 Å². The molecule has 3 rings (SSSR count). The number of piperidine rings is 1. The van der Waals surface area contributed by atoms with Gasteiger partial charge in [0.15, 0.2) is 0 Å². The molecule has 0 bridgehead atoms. The lowest BCUT2D eigenvalue weighted by molar-refractivity contribution is -0.132. The molecule has 1 saturated heterocycles. The average Bonchev–Trinajstić information content (AvgIpc) is 2.73. The topological polar surface area (TPSA) is 85.2 Å². The monoisotopic (exact) mass is 362 g/mol. The zero-order valence-electron chi connectivity index (χ0n) is 15.0. The highest BCUT2D eigenvalue weighted by Gasteiger charge is 2.27. The Balaban J connectivity index is 1.43. The van der Waals surface area contributed by atoms with Crippen molar-refractivity contribution in [3.05, 3.63) is 60.2 Å². The average molecular weight is 362 g/mol. The van der Waals surface area contributed by atoms with Crippen LogP contribution in [0, 0.1) is 17.2 Å². The second kappa shape index (κ2) is 8.86. The smallest absolute Gasteiger partial charge is 0.241 e. The molecule has 6 nitrogen and oxygen atoms in total. The van der Waals surface area contributed by atoms with Crippen LogP contribution in [0.2, 0.25) is 0 Å². The van der Waals surface area contributed by atoms with Gasteiger partial charge < -0.3 is 15.5 Å². The number of para-hydroxylation sites is 1. The maximum absolute atomic E-state index is 12.4. The van der Waals surface area contributed by atoms with Crippen LogP contribution in [0.3, 0.4) is 0 Å². The zero-order chi connectivity index (χ0) is 19.1. The van der Waals surface area contributed by atoms with Gasteiger partial charge in [-0.05, 0) is 49.2 Å². The van der Waals surface area contributed by atoms with E-state index in [1.54, 1.807) is 29.2 Å². The molecular weight excluding hydrogens is 340 g/mol. The van der Waals surface area contributed by atoms with E-state index in [1.807, 2.05) is 30.3 Å². The molecule has 2 N–H and O–H groups in total. The Hall–Kier alpha value is -3.33. The first-order chi connectivity index (χ1) is 13.2. The summed E-state index contributed by atoms with van der Waals surface area (Å²) >= 11 is 0. The number of nitrogens with zero attached hydrogens (tertiary/aromatic N) is 2. The second-order valence-electron chi connectivity index (χ2n) is 6.55. The molecule has 6 heteroatoms. The molecule has 1 heterocycles. The van der Waals surface area contributed by atoms with Gasteiger partial charge in [0.25, 0.3) is 0 Å². The fourth-order valence-electron chi connectivity index (χ4n) is 3.11. The molecule has 0 radical (unpaired) electrons. The van der Waals surface area contributed by atoms with Crippen molar-refractivity contribution in [1.82, 2.24) is 4.90 Å². The predicted molar refractivity (Wildman–Crippen MR) is 104 cm³/mol. The minimum Gasteiger partial charge on any atom is -0.376 e. The molecule has 2 aromatic carbocycles. The van der Waals surface area contributed by atoms with E-state index in [1.165, 1.54) is 0 Å². The summed E-state index contributed by atoms with van der Waals surface area (Å²) in [6.07, 6.45) is 1.34. The summed E-state index contributed by atoms with van der Waals surface area (Å²) in [6.45, 7) is 1.37. The number of nitriles is 1. The van der Waals surface area contributed by atoms with Crippen molar-refractivity contribution < 1.29 is 9.59 Å². The molecule has 1 aliphatic heterocycles. The van der Waals surface area contributed by atoms with Gasteiger partial charge in [-0.15, -0.1) is 0 Å². The van der Waals surface area contributed by atoms with Gasteiger partial charge in [-0.25, -0.2) is 0 Å². The fraction of sp³-hybridized carbons (Fsp3) is 0.286. The molecule has 138 valence electrons. The van der Waals surface area contributed by atoms with E-state index in [9.17, 15) is 9.59 Å².